The molecule has 1 atom stereocenters. The fourth-order valence-corrected chi connectivity index (χ4v) is 3.62. The van der Waals surface area contributed by atoms with Crippen molar-refractivity contribution >= 4 is 18.6 Å². The van der Waals surface area contributed by atoms with Gasteiger partial charge in [-0.15, -0.1) is 0 Å². The molecule has 0 aromatic carbocycles. The highest BCUT2D eigenvalue weighted by atomic mass is 16.7. The van der Waals surface area contributed by atoms with Crippen LogP contribution in [0.1, 0.15) is 84.0 Å². The lowest BCUT2D eigenvalue weighted by molar-refractivity contribution is 0.00578. The molecule has 1 fully saturated rings. The predicted molar refractivity (Wildman–Crippen MR) is 106 cm³/mol. The summed E-state index contributed by atoms with van der Waals surface area (Å²) in [6.45, 7) is 14.1. The fourth-order valence-electron chi connectivity index (χ4n) is 3.62. The summed E-state index contributed by atoms with van der Waals surface area (Å²) in [6.07, 6.45) is 9.55. The molecule has 0 radical (unpaired) electrons. The summed E-state index contributed by atoms with van der Waals surface area (Å²) in [4.78, 5) is 13.1. The van der Waals surface area contributed by atoms with Crippen LogP contribution < -0.4 is 5.59 Å². The third kappa shape index (κ3) is 3.32. The summed E-state index contributed by atoms with van der Waals surface area (Å²) in [5.74, 6) is 0.475. The van der Waals surface area contributed by atoms with E-state index in [0.29, 0.717) is 5.92 Å². The van der Waals surface area contributed by atoms with Gasteiger partial charge in [0.15, 0.2) is 0 Å². The Labute approximate surface area is 158 Å². The van der Waals surface area contributed by atoms with E-state index in [-0.39, 0.29) is 5.91 Å². The average Bonchev–Trinajstić information content (AvgIpc) is 3.05. The second kappa shape index (κ2) is 6.38. The van der Waals surface area contributed by atoms with E-state index < -0.39 is 23.7 Å². The molecule has 0 N–H and O–H groups in total. The minimum atomic E-state index is -0.526. The maximum atomic E-state index is 13.1. The van der Waals surface area contributed by atoms with Gasteiger partial charge in [0.25, 0.3) is 0 Å². The van der Waals surface area contributed by atoms with Crippen molar-refractivity contribution in [3.05, 3.63) is 30.0 Å². The van der Waals surface area contributed by atoms with Gasteiger partial charge in [0.1, 0.15) is 0 Å². The number of hydrogen-bond donors (Lipinski definition) is 0. The number of aromatic nitrogens is 1. The van der Waals surface area contributed by atoms with Gasteiger partial charge in [-0.05, 0) is 64.5 Å². The fraction of sp³-hybridized carbons (Fsp3) is 0.667. The van der Waals surface area contributed by atoms with Crippen LogP contribution in [0, 0.1) is 5.41 Å². The Balaban J connectivity index is 2.07. The first-order valence-corrected chi connectivity index (χ1v) is 9.70. The molecule has 142 valence electrons. The van der Waals surface area contributed by atoms with Crippen LogP contribution in [-0.2, 0) is 9.31 Å². The minimum absolute atomic E-state index is 0.0693. The van der Waals surface area contributed by atoms with Gasteiger partial charge in [-0.25, -0.2) is 0 Å². The predicted octanol–water partition coefficient (Wildman–Crippen LogP) is 4.30. The molecule has 2 aliphatic rings. The van der Waals surface area contributed by atoms with Gasteiger partial charge in [0, 0.05) is 11.6 Å². The molecule has 1 saturated heterocycles. The highest BCUT2D eigenvalue weighted by Crippen LogP contribution is 2.38. The zero-order valence-corrected chi connectivity index (χ0v) is 17.3. The van der Waals surface area contributed by atoms with Crippen LogP contribution >= 0.6 is 0 Å². The number of hydrogen-bond acceptors (Lipinski definition) is 3. The van der Waals surface area contributed by atoms with Crippen molar-refractivity contribution in [2.45, 2.75) is 84.8 Å². The van der Waals surface area contributed by atoms with E-state index >= 15 is 0 Å². The molecule has 5 heteroatoms. The largest absolute Gasteiger partial charge is 0.513 e. The highest BCUT2D eigenvalue weighted by molar-refractivity contribution is 6.62. The Morgan fingerprint density at radius 3 is 2.27 bits per heavy atom. The molecular weight excluding hydrogens is 325 g/mol. The molecule has 1 unspecified atom stereocenters. The molecule has 4 nitrogen and oxygen atoms in total. The normalized spacial score (nSPS) is 24.9. The Morgan fingerprint density at radius 1 is 1.15 bits per heavy atom. The van der Waals surface area contributed by atoms with Crippen LogP contribution in [0.5, 0.6) is 0 Å². The second-order valence-electron chi connectivity index (χ2n) is 9.65. The van der Waals surface area contributed by atoms with Gasteiger partial charge in [0.2, 0.25) is 5.91 Å². The van der Waals surface area contributed by atoms with Crippen molar-refractivity contribution in [3.63, 3.8) is 0 Å². The second-order valence-corrected chi connectivity index (χ2v) is 9.65. The van der Waals surface area contributed by atoms with Crippen molar-refractivity contribution in [3.8, 4) is 0 Å². The molecule has 0 saturated carbocycles. The van der Waals surface area contributed by atoms with Crippen molar-refractivity contribution < 1.29 is 14.1 Å². The first-order valence-electron chi connectivity index (χ1n) is 9.70. The lowest BCUT2D eigenvalue weighted by atomic mass is 9.75. The van der Waals surface area contributed by atoms with Gasteiger partial charge in [-0.1, -0.05) is 32.9 Å². The van der Waals surface area contributed by atoms with Gasteiger partial charge < -0.3 is 9.31 Å². The first-order chi connectivity index (χ1) is 11.9. The van der Waals surface area contributed by atoms with Crippen molar-refractivity contribution in [1.82, 2.24) is 4.57 Å². The molecule has 0 bridgehead atoms. The highest BCUT2D eigenvalue weighted by Gasteiger charge is 2.54. The van der Waals surface area contributed by atoms with Gasteiger partial charge in [0.05, 0.1) is 16.8 Å². The number of nitrogens with zero attached hydrogens (tertiary/aromatic N) is 1. The molecular formula is C21H32BNO3. The zero-order chi connectivity index (χ0) is 19.3. The van der Waals surface area contributed by atoms with E-state index in [1.165, 1.54) is 5.56 Å². The van der Waals surface area contributed by atoms with E-state index in [2.05, 4.69) is 45.9 Å². The summed E-state index contributed by atoms with van der Waals surface area (Å²) >= 11 is 0. The number of carbonyl (C=O) groups excluding carboxylic acids is 1. The number of allylic oxidation sites excluding steroid dienone is 2. The third-order valence-corrected chi connectivity index (χ3v) is 6.00. The maximum absolute atomic E-state index is 13.1. The Kier molecular flexibility index (Phi) is 4.77. The van der Waals surface area contributed by atoms with Crippen molar-refractivity contribution in [1.29, 1.82) is 0 Å². The molecule has 2 heterocycles. The van der Waals surface area contributed by atoms with Crippen LogP contribution in [0.2, 0.25) is 0 Å². The first kappa shape index (κ1) is 19.4. The minimum Gasteiger partial charge on any atom is -0.398 e. The van der Waals surface area contributed by atoms with Gasteiger partial charge >= 0.3 is 7.12 Å². The standard InChI is InChI=1S/C21H32BNO3/c1-19(2,3)18(24)23-14-13-16(15-11-9-8-10-12-15)17(23)22-25-20(4,5)21(6,7)26-22/h8-9,13-15H,10-12H2,1-7H3. The van der Waals surface area contributed by atoms with Crippen LogP contribution in [0.25, 0.3) is 0 Å². The molecule has 0 spiro atoms. The summed E-state index contributed by atoms with van der Waals surface area (Å²) in [5.41, 5.74) is 0.735. The molecule has 0 amide bonds. The maximum Gasteiger partial charge on any atom is 0.513 e. The van der Waals surface area contributed by atoms with E-state index in [0.717, 1.165) is 24.9 Å². The van der Waals surface area contributed by atoms with Crippen LogP contribution in [0.15, 0.2) is 24.4 Å². The number of rotatable bonds is 2. The lowest BCUT2D eigenvalue weighted by Gasteiger charge is -2.32. The summed E-state index contributed by atoms with van der Waals surface area (Å²) in [6, 6.07) is 2.09. The van der Waals surface area contributed by atoms with Crippen LogP contribution in [0.4, 0.5) is 0 Å². The van der Waals surface area contributed by atoms with Crippen molar-refractivity contribution in [2.75, 3.05) is 0 Å². The third-order valence-electron chi connectivity index (χ3n) is 6.00. The average molecular weight is 357 g/mol. The monoisotopic (exact) mass is 357 g/mol. The summed E-state index contributed by atoms with van der Waals surface area (Å²) in [7, 11) is -0.526. The molecule has 1 aliphatic heterocycles. The molecule has 26 heavy (non-hydrogen) atoms. The Morgan fingerprint density at radius 2 is 1.77 bits per heavy atom. The van der Waals surface area contributed by atoms with Crippen LogP contribution in [0.3, 0.4) is 0 Å². The van der Waals surface area contributed by atoms with E-state index in [1.54, 1.807) is 4.57 Å². The van der Waals surface area contributed by atoms with Gasteiger partial charge in [-0.2, -0.15) is 0 Å². The number of carbonyl (C=O) groups is 1. The molecule has 1 aliphatic carbocycles. The topological polar surface area (TPSA) is 40.5 Å². The summed E-state index contributed by atoms with van der Waals surface area (Å²) in [5, 5.41) is 0. The smallest absolute Gasteiger partial charge is 0.398 e. The quantitative estimate of drug-likeness (QED) is 0.585. The van der Waals surface area contributed by atoms with Crippen molar-refractivity contribution in [2.24, 2.45) is 5.41 Å². The van der Waals surface area contributed by atoms with E-state index in [1.807, 2.05) is 27.0 Å². The molecule has 1 aromatic heterocycles. The Hall–Kier alpha value is -1.33. The van der Waals surface area contributed by atoms with E-state index in [4.69, 9.17) is 9.31 Å². The SMILES string of the molecule is CC(C)(C)C(=O)n1ccc(C2CC=CCC2)c1B1OC(C)(C)C(C)(C)O1. The molecule has 1 aromatic rings. The van der Waals surface area contributed by atoms with E-state index in [9.17, 15) is 4.79 Å². The van der Waals surface area contributed by atoms with Crippen LogP contribution in [-0.4, -0.2) is 28.8 Å². The lowest BCUT2D eigenvalue weighted by Crippen LogP contribution is -2.46. The Bertz CT molecular complexity index is 708. The molecule has 3 rings (SSSR count). The zero-order valence-electron chi connectivity index (χ0n) is 17.3. The van der Waals surface area contributed by atoms with Gasteiger partial charge in [-0.3, -0.25) is 9.36 Å². The summed E-state index contributed by atoms with van der Waals surface area (Å²) < 4.78 is 14.4.